The third kappa shape index (κ3) is 4.75. The number of halogens is 2. The molecule has 2 fully saturated rings. The van der Waals surface area contributed by atoms with E-state index in [-0.39, 0.29) is 39.8 Å². The van der Waals surface area contributed by atoms with Gasteiger partial charge in [0.2, 0.25) is 5.43 Å². The van der Waals surface area contributed by atoms with Gasteiger partial charge in [0.1, 0.15) is 17.0 Å². The Morgan fingerprint density at radius 1 is 1.08 bits per heavy atom. The molecule has 0 saturated heterocycles. The molecule has 1 amide bonds. The number of benzene rings is 2. The number of carbonyl (C=O) groups excluding carboxylic acids is 2. The first-order chi connectivity index (χ1) is 18.3. The molecule has 2 heterocycles. The lowest BCUT2D eigenvalue weighted by Gasteiger charge is -2.28. The molecule has 1 N–H and O–H groups in total. The van der Waals surface area contributed by atoms with Gasteiger partial charge in [-0.2, -0.15) is 0 Å². The minimum absolute atomic E-state index is 0.00420. The molecule has 0 atom stereocenters. The molecule has 0 radical (unpaired) electrons. The number of nitrogens with one attached hydrogen (secondary N) is 1. The lowest BCUT2D eigenvalue weighted by atomic mass is 9.83. The summed E-state index contributed by atoms with van der Waals surface area (Å²) in [7, 11) is 0. The standard InChI is InChI=1S/C30H28ClFN2O4/c1-16-2-9-27-18(10-16)12-28(38-27)26(35)11-17-3-5-19(6-4-17)33-30(37)22-15-34(20-7-8-20)25-14-23(31)24(32)13-21(25)29(22)36/h2,9-10,12-15,17,19-20H,3-8,11H2,1H3,(H,33,37). The number of aromatic nitrogens is 1. The van der Waals surface area contributed by atoms with Crippen LogP contribution < -0.4 is 10.7 Å². The number of fused-ring (bicyclic) bond motifs is 2. The highest BCUT2D eigenvalue weighted by atomic mass is 35.5. The molecule has 0 aliphatic heterocycles. The fourth-order valence-electron chi connectivity index (χ4n) is 5.60. The van der Waals surface area contributed by atoms with Crippen LogP contribution in [-0.4, -0.2) is 22.3 Å². The van der Waals surface area contributed by atoms with E-state index in [1.165, 1.54) is 6.07 Å². The maximum atomic E-state index is 14.2. The molecule has 0 spiro atoms. The third-order valence-corrected chi connectivity index (χ3v) is 8.15. The van der Waals surface area contributed by atoms with Crippen molar-refractivity contribution in [2.75, 3.05) is 0 Å². The van der Waals surface area contributed by atoms with Gasteiger partial charge in [-0.15, -0.1) is 0 Å². The van der Waals surface area contributed by atoms with Crippen LogP contribution in [0, 0.1) is 18.7 Å². The number of pyridine rings is 1. The number of Topliss-reactive ketones (excluding diaryl/α,β-unsaturated/α-hetero) is 1. The topological polar surface area (TPSA) is 81.3 Å². The van der Waals surface area contributed by atoms with E-state index in [4.69, 9.17) is 16.0 Å². The van der Waals surface area contributed by atoms with E-state index < -0.39 is 17.2 Å². The van der Waals surface area contributed by atoms with Gasteiger partial charge in [-0.25, -0.2) is 4.39 Å². The molecule has 6 rings (SSSR count). The number of hydrogen-bond acceptors (Lipinski definition) is 4. The highest BCUT2D eigenvalue weighted by Crippen LogP contribution is 2.38. The predicted molar refractivity (Wildman–Crippen MR) is 145 cm³/mol. The lowest BCUT2D eigenvalue weighted by molar-refractivity contribution is 0.0886. The normalized spacial score (nSPS) is 19.7. The summed E-state index contributed by atoms with van der Waals surface area (Å²) >= 11 is 5.97. The lowest BCUT2D eigenvalue weighted by Crippen LogP contribution is -2.40. The molecule has 0 unspecified atom stereocenters. The van der Waals surface area contributed by atoms with Crippen molar-refractivity contribution in [2.24, 2.45) is 5.92 Å². The van der Waals surface area contributed by atoms with Gasteiger partial charge in [0.15, 0.2) is 11.5 Å². The highest BCUT2D eigenvalue weighted by Gasteiger charge is 2.29. The molecule has 2 aliphatic rings. The zero-order chi connectivity index (χ0) is 26.6. The Bertz CT molecular complexity index is 1640. The first kappa shape index (κ1) is 24.9. The number of furan rings is 1. The Labute approximate surface area is 223 Å². The quantitative estimate of drug-likeness (QED) is 0.278. The van der Waals surface area contributed by atoms with E-state index >= 15 is 0 Å². The van der Waals surface area contributed by atoms with Gasteiger partial charge in [0, 0.05) is 35.5 Å². The van der Waals surface area contributed by atoms with Crippen LogP contribution in [0.2, 0.25) is 5.02 Å². The average molecular weight is 535 g/mol. The van der Waals surface area contributed by atoms with Crippen molar-refractivity contribution >= 4 is 45.2 Å². The maximum Gasteiger partial charge on any atom is 0.256 e. The fourth-order valence-corrected chi connectivity index (χ4v) is 5.76. The van der Waals surface area contributed by atoms with E-state index in [0.717, 1.165) is 55.5 Å². The van der Waals surface area contributed by atoms with Crippen molar-refractivity contribution < 1.29 is 18.4 Å². The second-order valence-electron chi connectivity index (χ2n) is 10.8. The summed E-state index contributed by atoms with van der Waals surface area (Å²) < 4.78 is 21.8. The van der Waals surface area contributed by atoms with Crippen molar-refractivity contribution in [1.82, 2.24) is 9.88 Å². The predicted octanol–water partition coefficient (Wildman–Crippen LogP) is 6.75. The molecule has 2 aliphatic carbocycles. The van der Waals surface area contributed by atoms with Crippen LogP contribution in [0.5, 0.6) is 0 Å². The summed E-state index contributed by atoms with van der Waals surface area (Å²) in [6, 6.07) is 10.3. The summed E-state index contributed by atoms with van der Waals surface area (Å²) in [6.07, 6.45) is 6.90. The minimum atomic E-state index is -0.679. The molecule has 6 nitrogen and oxygen atoms in total. The Hall–Kier alpha value is -3.45. The molecular formula is C30H28ClFN2O4. The third-order valence-electron chi connectivity index (χ3n) is 7.86. The molecule has 8 heteroatoms. The summed E-state index contributed by atoms with van der Waals surface area (Å²) in [6.45, 7) is 2.00. The first-order valence-electron chi connectivity index (χ1n) is 13.1. The first-order valence-corrected chi connectivity index (χ1v) is 13.5. The molecule has 38 heavy (non-hydrogen) atoms. The Morgan fingerprint density at radius 3 is 2.58 bits per heavy atom. The van der Waals surface area contributed by atoms with E-state index in [2.05, 4.69) is 5.32 Å². The molecule has 0 bridgehead atoms. The van der Waals surface area contributed by atoms with E-state index in [1.54, 1.807) is 6.20 Å². The molecule has 2 aromatic carbocycles. The number of rotatable bonds is 6. The number of carbonyl (C=O) groups is 2. The van der Waals surface area contributed by atoms with Crippen LogP contribution in [0.3, 0.4) is 0 Å². The Kier molecular flexibility index (Phi) is 6.34. The number of ketones is 1. The van der Waals surface area contributed by atoms with Gasteiger partial charge in [-0.3, -0.25) is 14.4 Å². The fraction of sp³-hybridized carbons (Fsp3) is 0.367. The number of amides is 1. The van der Waals surface area contributed by atoms with Gasteiger partial charge in [-0.05, 0) is 81.7 Å². The van der Waals surface area contributed by atoms with Crippen LogP contribution in [0.1, 0.15) is 77.5 Å². The molecule has 196 valence electrons. The van der Waals surface area contributed by atoms with Crippen LogP contribution >= 0.6 is 11.6 Å². The Morgan fingerprint density at radius 2 is 1.84 bits per heavy atom. The number of aryl methyl sites for hydroxylation is 1. The molecule has 2 aromatic heterocycles. The van der Waals surface area contributed by atoms with Gasteiger partial charge < -0.3 is 14.3 Å². The van der Waals surface area contributed by atoms with Crippen LogP contribution in [0.4, 0.5) is 4.39 Å². The van der Waals surface area contributed by atoms with Crippen molar-refractivity contribution in [1.29, 1.82) is 0 Å². The van der Waals surface area contributed by atoms with E-state index in [1.807, 2.05) is 35.8 Å². The summed E-state index contributed by atoms with van der Waals surface area (Å²) in [5, 5.41) is 4.05. The number of nitrogens with zero attached hydrogens (tertiary/aromatic N) is 1. The largest absolute Gasteiger partial charge is 0.453 e. The van der Waals surface area contributed by atoms with Crippen molar-refractivity contribution in [3.05, 3.63) is 80.5 Å². The van der Waals surface area contributed by atoms with E-state index in [0.29, 0.717) is 23.3 Å². The minimum Gasteiger partial charge on any atom is -0.453 e. The second kappa shape index (κ2) is 9.70. The monoisotopic (exact) mass is 534 g/mol. The SMILES string of the molecule is Cc1ccc2oc(C(=O)CC3CCC(NC(=O)c4cn(C5CC5)c5cc(Cl)c(F)cc5c4=O)CC3)cc2c1. The Balaban J connectivity index is 1.12. The summed E-state index contributed by atoms with van der Waals surface area (Å²) in [5.74, 6) is -0.524. The average Bonchev–Trinajstić information content (AvgIpc) is 3.64. The highest BCUT2D eigenvalue weighted by molar-refractivity contribution is 6.31. The number of hydrogen-bond donors (Lipinski definition) is 1. The zero-order valence-electron chi connectivity index (χ0n) is 21.1. The molecule has 4 aromatic rings. The van der Waals surface area contributed by atoms with Gasteiger partial charge in [-0.1, -0.05) is 23.2 Å². The zero-order valence-corrected chi connectivity index (χ0v) is 21.8. The second-order valence-corrected chi connectivity index (χ2v) is 11.2. The molecule has 2 saturated carbocycles. The van der Waals surface area contributed by atoms with Crippen molar-refractivity contribution in [3.8, 4) is 0 Å². The smallest absolute Gasteiger partial charge is 0.256 e. The maximum absolute atomic E-state index is 14.2. The van der Waals surface area contributed by atoms with Gasteiger partial charge >= 0.3 is 0 Å². The van der Waals surface area contributed by atoms with Crippen molar-refractivity contribution in [2.45, 2.75) is 64.0 Å². The van der Waals surface area contributed by atoms with Crippen LogP contribution in [-0.2, 0) is 0 Å². The van der Waals surface area contributed by atoms with Crippen molar-refractivity contribution in [3.63, 3.8) is 0 Å². The summed E-state index contributed by atoms with van der Waals surface area (Å²) in [5.41, 5.74) is 1.90. The van der Waals surface area contributed by atoms with Crippen LogP contribution in [0.25, 0.3) is 21.9 Å². The summed E-state index contributed by atoms with van der Waals surface area (Å²) in [4.78, 5) is 39.2. The van der Waals surface area contributed by atoms with Crippen LogP contribution in [0.15, 0.2) is 51.8 Å². The van der Waals surface area contributed by atoms with Gasteiger partial charge in [0.25, 0.3) is 5.91 Å². The van der Waals surface area contributed by atoms with E-state index in [9.17, 15) is 18.8 Å². The van der Waals surface area contributed by atoms with Gasteiger partial charge in [0.05, 0.1) is 10.5 Å². The molecular weight excluding hydrogens is 507 g/mol.